The maximum atomic E-state index is 11.1. The second-order valence-corrected chi connectivity index (χ2v) is 6.26. The minimum absolute atomic E-state index is 0.00694. The van der Waals surface area contributed by atoms with Gasteiger partial charge in [0.2, 0.25) is 0 Å². The molecular formula is C12H22N2OS. The van der Waals surface area contributed by atoms with Crippen LogP contribution in [0.25, 0.3) is 0 Å². The first-order valence-corrected chi connectivity index (χ1v) is 6.85. The van der Waals surface area contributed by atoms with Gasteiger partial charge in [-0.1, -0.05) is 38.5 Å². The van der Waals surface area contributed by atoms with Crippen LogP contribution in [0.15, 0.2) is 4.99 Å². The van der Waals surface area contributed by atoms with Crippen LogP contribution in [-0.4, -0.2) is 22.2 Å². The summed E-state index contributed by atoms with van der Waals surface area (Å²) in [5.74, 6) is 0.361. The number of rotatable bonds is 1. The van der Waals surface area contributed by atoms with E-state index >= 15 is 0 Å². The lowest BCUT2D eigenvalue weighted by Crippen LogP contribution is -2.32. The number of hydrogen-bond donors (Lipinski definition) is 1. The largest absolute Gasteiger partial charge is 0.328 e. The molecule has 2 N–H and O–H groups in total. The van der Waals surface area contributed by atoms with Crippen molar-refractivity contribution in [2.24, 2.45) is 16.6 Å². The minimum Gasteiger partial charge on any atom is -0.328 e. The van der Waals surface area contributed by atoms with E-state index in [1.54, 1.807) is 5.55 Å². The van der Waals surface area contributed by atoms with Crippen LogP contribution in [-0.2, 0) is 4.79 Å². The Labute approximate surface area is 102 Å². The van der Waals surface area contributed by atoms with Gasteiger partial charge in [0.05, 0.1) is 5.55 Å². The van der Waals surface area contributed by atoms with Gasteiger partial charge in [0.15, 0.2) is 0 Å². The van der Waals surface area contributed by atoms with Crippen LogP contribution in [0, 0.1) is 5.92 Å². The molecule has 1 fully saturated rings. The first-order valence-electron chi connectivity index (χ1n) is 5.97. The van der Waals surface area contributed by atoms with Crippen molar-refractivity contribution in [3.63, 3.8) is 0 Å². The number of thioether (sulfide) groups is 1. The van der Waals surface area contributed by atoms with Crippen LogP contribution in [0.1, 0.15) is 46.5 Å². The Kier molecular flexibility index (Phi) is 4.99. The molecular weight excluding hydrogens is 220 g/mol. The maximum Gasteiger partial charge on any atom is 0.262 e. The van der Waals surface area contributed by atoms with Crippen LogP contribution in [0.4, 0.5) is 0 Å². The van der Waals surface area contributed by atoms with Crippen LogP contribution in [0.3, 0.4) is 0 Å². The van der Waals surface area contributed by atoms with Crippen molar-refractivity contribution in [3.8, 4) is 0 Å². The molecule has 1 atom stereocenters. The van der Waals surface area contributed by atoms with Gasteiger partial charge >= 0.3 is 0 Å². The summed E-state index contributed by atoms with van der Waals surface area (Å²) >= 11 is 1.52. The smallest absolute Gasteiger partial charge is 0.262 e. The highest BCUT2D eigenvalue weighted by atomic mass is 32.2. The van der Waals surface area contributed by atoms with Gasteiger partial charge in [-0.25, -0.2) is 4.99 Å². The van der Waals surface area contributed by atoms with E-state index in [9.17, 15) is 4.79 Å². The van der Waals surface area contributed by atoms with Crippen LogP contribution < -0.4 is 5.73 Å². The van der Waals surface area contributed by atoms with Crippen molar-refractivity contribution in [1.29, 1.82) is 0 Å². The van der Waals surface area contributed by atoms with Gasteiger partial charge in [-0.05, 0) is 25.7 Å². The lowest BCUT2D eigenvalue weighted by Gasteiger charge is -2.23. The van der Waals surface area contributed by atoms with Crippen LogP contribution in [0.2, 0.25) is 0 Å². The normalized spacial score (nSPS) is 29.7. The maximum absolute atomic E-state index is 11.1. The molecule has 0 aromatic carbocycles. The van der Waals surface area contributed by atoms with E-state index in [4.69, 9.17) is 5.73 Å². The van der Waals surface area contributed by atoms with Gasteiger partial charge < -0.3 is 5.73 Å². The van der Waals surface area contributed by atoms with Crippen molar-refractivity contribution in [2.75, 3.05) is 0 Å². The Morgan fingerprint density at radius 2 is 2.06 bits per heavy atom. The number of nitrogens with zero attached hydrogens (tertiary/aromatic N) is 1. The lowest BCUT2D eigenvalue weighted by molar-refractivity contribution is -0.120. The minimum atomic E-state index is -0.292. The summed E-state index contributed by atoms with van der Waals surface area (Å²) in [7, 11) is 0. The average Bonchev–Trinajstić information content (AvgIpc) is 2.80. The highest BCUT2D eigenvalue weighted by Gasteiger charge is 2.39. The Morgan fingerprint density at radius 3 is 2.25 bits per heavy atom. The molecule has 1 unspecified atom stereocenters. The Bertz CT molecular complexity index is 272. The Hall–Kier alpha value is -0.350. The van der Waals surface area contributed by atoms with Gasteiger partial charge in [0.1, 0.15) is 4.75 Å². The second kappa shape index (κ2) is 5.82. The standard InChI is InChI=1S/C7H11NOS.C5H11N/c1-5(2)7(3)6(9)8-4-10-7;6-5-3-1-2-4-5/h4-5H,1-3H3;5H,1-4,6H2. The lowest BCUT2D eigenvalue weighted by atomic mass is 9.96. The van der Waals surface area contributed by atoms with Crippen molar-refractivity contribution in [3.05, 3.63) is 0 Å². The third-order valence-electron chi connectivity index (χ3n) is 3.39. The topological polar surface area (TPSA) is 55.5 Å². The highest BCUT2D eigenvalue weighted by molar-refractivity contribution is 8.14. The van der Waals surface area contributed by atoms with E-state index in [0.717, 1.165) is 0 Å². The molecule has 2 rings (SSSR count). The molecule has 1 heterocycles. The van der Waals surface area contributed by atoms with Crippen molar-refractivity contribution in [1.82, 2.24) is 0 Å². The van der Waals surface area contributed by atoms with E-state index in [1.165, 1.54) is 37.4 Å². The zero-order chi connectivity index (χ0) is 12.2. The first-order chi connectivity index (χ1) is 7.47. The molecule has 0 bridgehead atoms. The molecule has 4 heteroatoms. The van der Waals surface area contributed by atoms with E-state index in [0.29, 0.717) is 12.0 Å². The Morgan fingerprint density at radius 1 is 1.50 bits per heavy atom. The molecule has 16 heavy (non-hydrogen) atoms. The number of nitrogens with two attached hydrogens (primary N) is 1. The first kappa shape index (κ1) is 13.7. The summed E-state index contributed by atoms with van der Waals surface area (Å²) in [5, 5.41) is 0. The van der Waals surface area contributed by atoms with Crippen molar-refractivity contribution in [2.45, 2.75) is 57.2 Å². The predicted octanol–water partition coefficient (Wildman–Crippen LogP) is 2.59. The molecule has 3 nitrogen and oxygen atoms in total. The van der Waals surface area contributed by atoms with Gasteiger partial charge in [0.25, 0.3) is 5.91 Å². The van der Waals surface area contributed by atoms with Gasteiger partial charge in [-0.3, -0.25) is 4.79 Å². The molecule has 1 aliphatic carbocycles. The number of aliphatic imine (C=N–C) groups is 1. The van der Waals surface area contributed by atoms with E-state index in [-0.39, 0.29) is 10.7 Å². The van der Waals surface area contributed by atoms with Crippen molar-refractivity contribution < 1.29 is 4.79 Å². The number of hydrogen-bond acceptors (Lipinski definition) is 3. The quantitative estimate of drug-likeness (QED) is 0.769. The Balaban J connectivity index is 0.000000181. The molecule has 2 aliphatic rings. The van der Waals surface area contributed by atoms with Gasteiger partial charge in [0, 0.05) is 6.04 Å². The SMILES string of the molecule is CC(C)C1(C)SC=NC1=O.NC1CCCC1. The average molecular weight is 242 g/mol. The fourth-order valence-electron chi connectivity index (χ4n) is 1.70. The monoisotopic (exact) mass is 242 g/mol. The summed E-state index contributed by atoms with van der Waals surface area (Å²) in [5.41, 5.74) is 7.18. The summed E-state index contributed by atoms with van der Waals surface area (Å²) in [6, 6.07) is 0.546. The van der Waals surface area contributed by atoms with Gasteiger partial charge in [-0.2, -0.15) is 0 Å². The molecule has 0 radical (unpaired) electrons. The fraction of sp³-hybridized carbons (Fsp3) is 0.833. The molecule has 0 aromatic rings. The van der Waals surface area contributed by atoms with E-state index in [1.807, 2.05) is 20.8 Å². The molecule has 1 amide bonds. The van der Waals surface area contributed by atoms with Gasteiger partial charge in [-0.15, -0.1) is 0 Å². The van der Waals surface area contributed by atoms with Crippen molar-refractivity contribution >= 4 is 23.2 Å². The number of amides is 1. The summed E-state index contributed by atoms with van der Waals surface area (Å²) in [6.45, 7) is 6.02. The molecule has 1 aliphatic heterocycles. The third-order valence-corrected chi connectivity index (χ3v) is 4.74. The van der Waals surface area contributed by atoms with E-state index in [2.05, 4.69) is 4.99 Å². The summed E-state index contributed by atoms with van der Waals surface area (Å²) in [6.07, 6.45) is 5.25. The third kappa shape index (κ3) is 3.32. The number of carbonyl (C=O) groups is 1. The van der Waals surface area contributed by atoms with E-state index < -0.39 is 0 Å². The number of carbonyl (C=O) groups excluding carboxylic acids is 1. The summed E-state index contributed by atoms with van der Waals surface area (Å²) < 4.78 is -0.292. The fourth-order valence-corrected chi connectivity index (χ4v) is 2.50. The van der Waals surface area contributed by atoms with Crippen LogP contribution >= 0.6 is 11.8 Å². The predicted molar refractivity (Wildman–Crippen MR) is 70.8 cm³/mol. The molecule has 0 spiro atoms. The molecule has 0 aromatic heterocycles. The second-order valence-electron chi connectivity index (χ2n) is 4.96. The highest BCUT2D eigenvalue weighted by Crippen LogP contribution is 2.36. The molecule has 1 saturated carbocycles. The molecule has 92 valence electrons. The summed E-state index contributed by atoms with van der Waals surface area (Å²) in [4.78, 5) is 14.8. The molecule has 0 saturated heterocycles. The zero-order valence-corrected chi connectivity index (χ0v) is 11.2. The van der Waals surface area contributed by atoms with Crippen LogP contribution in [0.5, 0.6) is 0 Å². The zero-order valence-electron chi connectivity index (χ0n) is 10.4.